The molecule has 0 heterocycles. The van der Waals surface area contributed by atoms with Crippen molar-refractivity contribution >= 4 is 17.6 Å². The summed E-state index contributed by atoms with van der Waals surface area (Å²) in [5.74, 6) is -1.49. The van der Waals surface area contributed by atoms with Gasteiger partial charge in [0, 0.05) is 5.69 Å². The average molecular weight is 223 g/mol. The van der Waals surface area contributed by atoms with Gasteiger partial charge in [-0.1, -0.05) is 12.1 Å². The number of aromatic carboxylic acids is 1. The molecule has 1 aromatic rings. The van der Waals surface area contributed by atoms with Crippen LogP contribution in [0.5, 0.6) is 0 Å². The lowest BCUT2D eigenvalue weighted by atomic mass is 10.1. The van der Waals surface area contributed by atoms with Crippen molar-refractivity contribution in [1.29, 1.82) is 0 Å². The van der Waals surface area contributed by atoms with E-state index in [4.69, 9.17) is 5.11 Å². The number of esters is 1. The average Bonchev–Trinajstić information content (AvgIpc) is 2.28. The van der Waals surface area contributed by atoms with E-state index in [0.717, 1.165) is 0 Å². The topological polar surface area (TPSA) is 75.6 Å². The van der Waals surface area contributed by atoms with Crippen LogP contribution in [0.3, 0.4) is 0 Å². The molecule has 0 amide bonds. The summed E-state index contributed by atoms with van der Waals surface area (Å²) in [5, 5.41) is 11.7. The molecule has 5 nitrogen and oxygen atoms in total. The van der Waals surface area contributed by atoms with Crippen molar-refractivity contribution in [1.82, 2.24) is 0 Å². The lowest BCUT2D eigenvalue weighted by Crippen LogP contribution is -2.27. The second-order valence-corrected chi connectivity index (χ2v) is 3.24. The first-order valence-corrected chi connectivity index (χ1v) is 4.73. The van der Waals surface area contributed by atoms with E-state index in [0.29, 0.717) is 5.69 Å². The van der Waals surface area contributed by atoms with Crippen LogP contribution in [0.2, 0.25) is 0 Å². The fourth-order valence-corrected chi connectivity index (χ4v) is 1.26. The summed E-state index contributed by atoms with van der Waals surface area (Å²) in [5.41, 5.74) is 0.520. The van der Waals surface area contributed by atoms with E-state index in [-0.39, 0.29) is 5.56 Å². The van der Waals surface area contributed by atoms with Crippen LogP contribution >= 0.6 is 0 Å². The van der Waals surface area contributed by atoms with Gasteiger partial charge in [0.15, 0.2) is 0 Å². The predicted octanol–water partition coefficient (Wildman–Crippen LogP) is 1.36. The van der Waals surface area contributed by atoms with E-state index in [1.807, 2.05) is 0 Å². The van der Waals surface area contributed by atoms with Crippen molar-refractivity contribution in [2.24, 2.45) is 0 Å². The first kappa shape index (κ1) is 12.0. The Morgan fingerprint density at radius 1 is 1.38 bits per heavy atom. The van der Waals surface area contributed by atoms with Gasteiger partial charge in [-0.15, -0.1) is 0 Å². The molecular formula is C11H13NO4. The number of ether oxygens (including phenoxy) is 1. The van der Waals surface area contributed by atoms with E-state index < -0.39 is 18.0 Å². The van der Waals surface area contributed by atoms with Crippen molar-refractivity contribution < 1.29 is 19.4 Å². The maximum Gasteiger partial charge on any atom is 0.337 e. The molecule has 1 atom stereocenters. The number of anilines is 1. The highest BCUT2D eigenvalue weighted by atomic mass is 16.5. The van der Waals surface area contributed by atoms with Crippen molar-refractivity contribution in [2.45, 2.75) is 13.0 Å². The Balaban J connectivity index is 2.88. The molecule has 0 aliphatic carbocycles. The van der Waals surface area contributed by atoms with Crippen molar-refractivity contribution in [3.63, 3.8) is 0 Å². The van der Waals surface area contributed by atoms with Gasteiger partial charge in [0.1, 0.15) is 6.04 Å². The quantitative estimate of drug-likeness (QED) is 0.754. The minimum atomic E-state index is -1.04. The molecule has 1 aromatic carbocycles. The molecule has 0 aliphatic rings. The number of carboxylic acids is 1. The first-order chi connectivity index (χ1) is 7.56. The molecular weight excluding hydrogens is 210 g/mol. The summed E-state index contributed by atoms with van der Waals surface area (Å²) in [6, 6.07) is 5.79. The van der Waals surface area contributed by atoms with Crippen LogP contribution in [0.1, 0.15) is 17.3 Å². The maximum absolute atomic E-state index is 11.2. The highest BCUT2D eigenvalue weighted by Gasteiger charge is 2.16. The molecule has 1 rings (SSSR count). The SMILES string of the molecule is COC(=O)C(C)Nc1ccccc1C(=O)O. The van der Waals surface area contributed by atoms with Crippen LogP contribution in [-0.4, -0.2) is 30.2 Å². The van der Waals surface area contributed by atoms with Crippen LogP contribution in [-0.2, 0) is 9.53 Å². The largest absolute Gasteiger partial charge is 0.478 e. The van der Waals surface area contributed by atoms with Gasteiger partial charge in [0.05, 0.1) is 12.7 Å². The molecule has 0 bridgehead atoms. The number of hydrogen-bond donors (Lipinski definition) is 2. The zero-order valence-electron chi connectivity index (χ0n) is 9.06. The number of benzene rings is 1. The molecule has 0 fully saturated rings. The third-order valence-corrected chi connectivity index (χ3v) is 2.08. The fraction of sp³-hybridized carbons (Fsp3) is 0.273. The third kappa shape index (κ3) is 2.73. The van der Waals surface area contributed by atoms with Gasteiger partial charge in [0.2, 0.25) is 0 Å². The molecule has 2 N–H and O–H groups in total. The van der Waals surface area contributed by atoms with E-state index in [2.05, 4.69) is 10.1 Å². The minimum Gasteiger partial charge on any atom is -0.478 e. The minimum absolute atomic E-state index is 0.123. The second-order valence-electron chi connectivity index (χ2n) is 3.24. The summed E-state index contributed by atoms with van der Waals surface area (Å²) >= 11 is 0. The number of carboxylic acid groups (broad SMARTS) is 1. The van der Waals surface area contributed by atoms with Crippen molar-refractivity contribution in [2.75, 3.05) is 12.4 Å². The monoisotopic (exact) mass is 223 g/mol. The smallest absolute Gasteiger partial charge is 0.337 e. The van der Waals surface area contributed by atoms with Gasteiger partial charge in [-0.25, -0.2) is 9.59 Å². The summed E-state index contributed by atoms with van der Waals surface area (Å²) in [7, 11) is 1.28. The van der Waals surface area contributed by atoms with Gasteiger partial charge in [-0.2, -0.15) is 0 Å². The summed E-state index contributed by atoms with van der Waals surface area (Å²) in [6.45, 7) is 1.60. The molecule has 0 radical (unpaired) electrons. The molecule has 1 unspecified atom stereocenters. The lowest BCUT2D eigenvalue weighted by Gasteiger charge is -2.14. The maximum atomic E-state index is 11.2. The zero-order chi connectivity index (χ0) is 12.1. The van der Waals surface area contributed by atoms with Gasteiger partial charge in [-0.3, -0.25) is 0 Å². The van der Waals surface area contributed by atoms with Crippen LogP contribution in [0.25, 0.3) is 0 Å². The molecule has 5 heteroatoms. The zero-order valence-corrected chi connectivity index (χ0v) is 9.06. The first-order valence-electron chi connectivity index (χ1n) is 4.73. The summed E-state index contributed by atoms with van der Waals surface area (Å²) in [4.78, 5) is 22.1. The Kier molecular flexibility index (Phi) is 3.88. The number of carbonyl (C=O) groups is 2. The van der Waals surface area contributed by atoms with Crippen LogP contribution in [0.4, 0.5) is 5.69 Å². The Hall–Kier alpha value is -2.04. The number of carbonyl (C=O) groups excluding carboxylic acids is 1. The molecule has 0 saturated heterocycles. The van der Waals surface area contributed by atoms with E-state index in [9.17, 15) is 9.59 Å². The van der Waals surface area contributed by atoms with Crippen LogP contribution < -0.4 is 5.32 Å². The fourth-order valence-electron chi connectivity index (χ4n) is 1.26. The highest BCUT2D eigenvalue weighted by Crippen LogP contribution is 2.16. The van der Waals surface area contributed by atoms with Crippen molar-refractivity contribution in [3.8, 4) is 0 Å². The number of rotatable bonds is 4. The number of nitrogens with one attached hydrogen (secondary N) is 1. The van der Waals surface area contributed by atoms with Crippen LogP contribution in [0.15, 0.2) is 24.3 Å². The Labute approximate surface area is 93.0 Å². The Bertz CT molecular complexity index is 403. The number of para-hydroxylation sites is 1. The molecule has 0 aromatic heterocycles. The van der Waals surface area contributed by atoms with E-state index >= 15 is 0 Å². The van der Waals surface area contributed by atoms with Gasteiger partial charge >= 0.3 is 11.9 Å². The summed E-state index contributed by atoms with van der Waals surface area (Å²) in [6.07, 6.45) is 0. The number of methoxy groups -OCH3 is 1. The Morgan fingerprint density at radius 3 is 2.56 bits per heavy atom. The third-order valence-electron chi connectivity index (χ3n) is 2.08. The van der Waals surface area contributed by atoms with Gasteiger partial charge < -0.3 is 15.2 Å². The molecule has 0 aliphatic heterocycles. The number of hydrogen-bond acceptors (Lipinski definition) is 4. The molecule has 0 saturated carbocycles. The molecule has 86 valence electrons. The second kappa shape index (κ2) is 5.16. The Morgan fingerprint density at radius 2 is 2.00 bits per heavy atom. The molecule has 0 spiro atoms. The summed E-state index contributed by atoms with van der Waals surface area (Å²) < 4.78 is 4.54. The predicted molar refractivity (Wildman–Crippen MR) is 58.5 cm³/mol. The normalized spacial score (nSPS) is 11.6. The van der Waals surface area contributed by atoms with E-state index in [1.54, 1.807) is 25.1 Å². The van der Waals surface area contributed by atoms with Gasteiger partial charge in [-0.05, 0) is 19.1 Å². The van der Waals surface area contributed by atoms with Gasteiger partial charge in [0.25, 0.3) is 0 Å². The van der Waals surface area contributed by atoms with Crippen molar-refractivity contribution in [3.05, 3.63) is 29.8 Å². The lowest BCUT2D eigenvalue weighted by molar-refractivity contribution is -0.141. The van der Waals surface area contributed by atoms with E-state index in [1.165, 1.54) is 13.2 Å². The highest BCUT2D eigenvalue weighted by molar-refractivity contribution is 5.95. The molecule has 16 heavy (non-hydrogen) atoms. The van der Waals surface area contributed by atoms with Crippen LogP contribution in [0, 0.1) is 0 Å². The standard InChI is InChI=1S/C11H13NO4/c1-7(11(15)16-2)12-9-6-4-3-5-8(9)10(13)14/h3-7,12H,1-2H3,(H,13,14).